The zero-order valence-electron chi connectivity index (χ0n) is 18.1. The maximum atomic E-state index is 12.1. The average Bonchev–Trinajstić information content (AvgIpc) is 3.59. The fraction of sp³-hybridized carbons (Fsp3) is 0.320. The lowest BCUT2D eigenvalue weighted by atomic mass is 10.1. The molecule has 160 valence electrons. The molecule has 6 heteroatoms. The third kappa shape index (κ3) is 4.85. The number of esters is 1. The number of carbonyl (C=O) groups excluding carboxylic acids is 1. The summed E-state index contributed by atoms with van der Waals surface area (Å²) in [5, 5.41) is 3.35. The molecule has 1 aliphatic rings. The highest BCUT2D eigenvalue weighted by Crippen LogP contribution is 2.50. The molecular weight excluding hydrogens is 390 g/mol. The third-order valence-corrected chi connectivity index (χ3v) is 5.45. The number of ether oxygens (including phenoxy) is 2. The first-order chi connectivity index (χ1) is 15.1. The quantitative estimate of drug-likeness (QED) is 0.534. The minimum Gasteiger partial charge on any atom is -0.495 e. The number of benzene rings is 1. The van der Waals surface area contributed by atoms with Crippen molar-refractivity contribution in [3.63, 3.8) is 0 Å². The summed E-state index contributed by atoms with van der Waals surface area (Å²) in [7, 11) is 1.62. The van der Waals surface area contributed by atoms with Crippen molar-refractivity contribution in [2.45, 2.75) is 32.7 Å². The number of nitrogens with zero attached hydrogens (tertiary/aromatic N) is 2. The normalized spacial score (nSPS) is 17.1. The van der Waals surface area contributed by atoms with E-state index in [1.165, 1.54) is 11.1 Å². The molecule has 0 aliphatic heterocycles. The molecule has 1 saturated carbocycles. The second kappa shape index (κ2) is 9.16. The molecule has 6 nitrogen and oxygen atoms in total. The molecule has 2 heterocycles. The highest BCUT2D eigenvalue weighted by atomic mass is 16.5. The standard InChI is InChI=1S/C25H27N3O3/c1-4-31-25(29)20-13-19(20)24-22(30-3)10-9-21(28-24)18-8-11-23(27-15-18)26-14-17-7-5-6-16(2)12-17/h5-12,15,19-20H,4,13-14H2,1-3H3,(H,26,27). The number of pyridine rings is 2. The molecule has 0 radical (unpaired) electrons. The van der Waals surface area contributed by atoms with E-state index in [1.807, 2.05) is 37.4 Å². The molecule has 2 aromatic heterocycles. The van der Waals surface area contributed by atoms with Crippen LogP contribution in [0.4, 0.5) is 5.82 Å². The van der Waals surface area contributed by atoms with Crippen LogP contribution in [-0.4, -0.2) is 29.7 Å². The molecule has 1 aromatic carbocycles. The number of anilines is 1. The second-order valence-corrected chi connectivity index (χ2v) is 7.76. The van der Waals surface area contributed by atoms with E-state index >= 15 is 0 Å². The number of carbonyl (C=O) groups is 1. The Morgan fingerprint density at radius 3 is 2.77 bits per heavy atom. The molecule has 0 amide bonds. The second-order valence-electron chi connectivity index (χ2n) is 7.76. The fourth-order valence-corrected chi connectivity index (χ4v) is 3.73. The lowest BCUT2D eigenvalue weighted by Crippen LogP contribution is -2.08. The summed E-state index contributed by atoms with van der Waals surface area (Å²) in [4.78, 5) is 21.4. The van der Waals surface area contributed by atoms with Crippen molar-refractivity contribution < 1.29 is 14.3 Å². The number of hydrogen-bond donors (Lipinski definition) is 1. The van der Waals surface area contributed by atoms with Crippen molar-refractivity contribution >= 4 is 11.8 Å². The summed E-state index contributed by atoms with van der Waals surface area (Å²) in [6, 6.07) is 16.2. The fourth-order valence-electron chi connectivity index (χ4n) is 3.73. The lowest BCUT2D eigenvalue weighted by Gasteiger charge is -2.11. The molecule has 0 bridgehead atoms. The van der Waals surface area contributed by atoms with Gasteiger partial charge in [-0.25, -0.2) is 9.97 Å². The van der Waals surface area contributed by atoms with Crippen LogP contribution in [0.5, 0.6) is 5.75 Å². The topological polar surface area (TPSA) is 73.3 Å². The van der Waals surface area contributed by atoms with E-state index < -0.39 is 0 Å². The summed E-state index contributed by atoms with van der Waals surface area (Å²) >= 11 is 0. The van der Waals surface area contributed by atoms with E-state index in [0.717, 1.165) is 35.7 Å². The Morgan fingerprint density at radius 1 is 1.19 bits per heavy atom. The van der Waals surface area contributed by atoms with Crippen LogP contribution in [0.1, 0.15) is 36.1 Å². The van der Waals surface area contributed by atoms with Gasteiger partial charge in [-0.1, -0.05) is 29.8 Å². The first-order valence-electron chi connectivity index (χ1n) is 10.6. The van der Waals surface area contributed by atoms with Gasteiger partial charge in [-0.3, -0.25) is 4.79 Å². The largest absolute Gasteiger partial charge is 0.495 e. The van der Waals surface area contributed by atoms with Crippen LogP contribution in [0.25, 0.3) is 11.3 Å². The van der Waals surface area contributed by atoms with Crippen LogP contribution in [0.2, 0.25) is 0 Å². The van der Waals surface area contributed by atoms with Gasteiger partial charge in [0.2, 0.25) is 0 Å². The Balaban J connectivity index is 1.47. The van der Waals surface area contributed by atoms with Crippen LogP contribution in [-0.2, 0) is 16.1 Å². The number of aromatic nitrogens is 2. The zero-order valence-corrected chi connectivity index (χ0v) is 18.1. The van der Waals surface area contributed by atoms with Crippen molar-refractivity contribution in [2.24, 2.45) is 5.92 Å². The van der Waals surface area contributed by atoms with Gasteiger partial charge in [0, 0.05) is 24.2 Å². The molecule has 1 fully saturated rings. The first kappa shape index (κ1) is 20.8. The average molecular weight is 418 g/mol. The van der Waals surface area contributed by atoms with E-state index in [1.54, 1.807) is 7.11 Å². The highest BCUT2D eigenvalue weighted by molar-refractivity contribution is 5.77. The smallest absolute Gasteiger partial charge is 0.309 e. The number of methoxy groups -OCH3 is 1. The van der Waals surface area contributed by atoms with Gasteiger partial charge >= 0.3 is 5.97 Å². The maximum Gasteiger partial charge on any atom is 0.309 e. The summed E-state index contributed by atoms with van der Waals surface area (Å²) in [6.07, 6.45) is 2.55. The molecule has 1 aliphatic carbocycles. The van der Waals surface area contributed by atoms with Crippen LogP contribution >= 0.6 is 0 Å². The third-order valence-electron chi connectivity index (χ3n) is 5.45. The van der Waals surface area contributed by atoms with Crippen LogP contribution in [0.3, 0.4) is 0 Å². The van der Waals surface area contributed by atoms with E-state index in [4.69, 9.17) is 14.5 Å². The summed E-state index contributed by atoms with van der Waals surface area (Å²) < 4.78 is 10.6. The van der Waals surface area contributed by atoms with Gasteiger partial charge in [0.05, 0.1) is 31.0 Å². The van der Waals surface area contributed by atoms with Gasteiger partial charge in [-0.2, -0.15) is 0 Å². The van der Waals surface area contributed by atoms with Crippen molar-refractivity contribution in [1.82, 2.24) is 9.97 Å². The van der Waals surface area contributed by atoms with Gasteiger partial charge in [0.1, 0.15) is 11.6 Å². The molecule has 1 N–H and O–H groups in total. The van der Waals surface area contributed by atoms with Gasteiger partial charge in [-0.05, 0) is 50.1 Å². The predicted octanol–water partition coefficient (Wildman–Crippen LogP) is 4.74. The molecule has 3 aromatic rings. The predicted molar refractivity (Wildman–Crippen MR) is 120 cm³/mol. The van der Waals surface area contributed by atoms with Crippen molar-refractivity contribution in [2.75, 3.05) is 19.0 Å². The molecule has 31 heavy (non-hydrogen) atoms. The molecule has 2 unspecified atom stereocenters. The molecule has 0 saturated heterocycles. The van der Waals surface area contributed by atoms with Gasteiger partial charge in [0.15, 0.2) is 0 Å². The summed E-state index contributed by atoms with van der Waals surface area (Å²) in [6.45, 7) is 5.02. The Morgan fingerprint density at radius 2 is 2.06 bits per heavy atom. The van der Waals surface area contributed by atoms with Crippen molar-refractivity contribution in [3.8, 4) is 17.0 Å². The SMILES string of the molecule is CCOC(=O)C1CC1c1nc(-c2ccc(NCc3cccc(C)c3)nc2)ccc1OC. The first-order valence-corrected chi connectivity index (χ1v) is 10.6. The van der Waals surface area contributed by atoms with Crippen molar-refractivity contribution in [1.29, 1.82) is 0 Å². The van der Waals surface area contributed by atoms with E-state index in [-0.39, 0.29) is 17.8 Å². The Hall–Kier alpha value is -3.41. The summed E-state index contributed by atoms with van der Waals surface area (Å²) in [5.74, 6) is 1.25. The Labute approximate surface area is 182 Å². The Kier molecular flexibility index (Phi) is 6.16. The minimum atomic E-state index is -0.160. The molecule has 4 rings (SSSR count). The number of nitrogens with one attached hydrogen (secondary N) is 1. The monoisotopic (exact) mass is 417 g/mol. The molecule has 2 atom stereocenters. The minimum absolute atomic E-state index is 0.0391. The van der Waals surface area contributed by atoms with Crippen LogP contribution < -0.4 is 10.1 Å². The molecule has 0 spiro atoms. The lowest BCUT2D eigenvalue weighted by molar-refractivity contribution is -0.144. The maximum absolute atomic E-state index is 12.1. The van der Waals surface area contributed by atoms with Gasteiger partial charge in [0.25, 0.3) is 0 Å². The van der Waals surface area contributed by atoms with Gasteiger partial charge < -0.3 is 14.8 Å². The zero-order chi connectivity index (χ0) is 21.8. The van der Waals surface area contributed by atoms with E-state index in [9.17, 15) is 4.79 Å². The number of hydrogen-bond acceptors (Lipinski definition) is 6. The van der Waals surface area contributed by atoms with Crippen molar-refractivity contribution in [3.05, 3.63) is 71.5 Å². The number of rotatable bonds is 8. The van der Waals surface area contributed by atoms with E-state index in [0.29, 0.717) is 12.4 Å². The van der Waals surface area contributed by atoms with Crippen LogP contribution in [0.15, 0.2) is 54.7 Å². The highest BCUT2D eigenvalue weighted by Gasteiger charge is 2.47. The van der Waals surface area contributed by atoms with Crippen LogP contribution in [0, 0.1) is 12.8 Å². The summed E-state index contributed by atoms with van der Waals surface area (Å²) in [5.41, 5.74) is 4.99. The van der Waals surface area contributed by atoms with E-state index in [2.05, 4.69) is 41.5 Å². The molecular formula is C25H27N3O3. The van der Waals surface area contributed by atoms with Gasteiger partial charge in [-0.15, -0.1) is 0 Å². The Bertz CT molecular complexity index is 1070. The number of aryl methyl sites for hydroxylation is 1.